The molecule has 26 heavy (non-hydrogen) atoms. The highest BCUT2D eigenvalue weighted by atomic mass is 35.5. The van der Waals surface area contributed by atoms with Crippen molar-refractivity contribution in [2.24, 2.45) is 0 Å². The predicted molar refractivity (Wildman–Crippen MR) is 87.6 cm³/mol. The second kappa shape index (κ2) is 8.57. The van der Waals surface area contributed by atoms with E-state index < -0.39 is 48.2 Å². The van der Waals surface area contributed by atoms with Crippen LogP contribution in [0.1, 0.15) is 5.56 Å². The van der Waals surface area contributed by atoms with Crippen LogP contribution in [0.3, 0.4) is 0 Å². The molecule has 0 spiro atoms. The fourth-order valence-electron chi connectivity index (χ4n) is 1.85. The normalized spacial score (nSPS) is 10.3. The summed E-state index contributed by atoms with van der Waals surface area (Å²) in [5.41, 5.74) is 0.184. The van der Waals surface area contributed by atoms with Crippen molar-refractivity contribution in [2.45, 2.75) is 6.92 Å². The fraction of sp³-hybridized carbons (Fsp3) is 0.176. The Kier molecular flexibility index (Phi) is 6.46. The van der Waals surface area contributed by atoms with Gasteiger partial charge in [0.1, 0.15) is 5.75 Å². The summed E-state index contributed by atoms with van der Waals surface area (Å²) in [7, 11) is 0. The molecular weight excluding hydrogens is 375 g/mol. The van der Waals surface area contributed by atoms with Crippen molar-refractivity contribution in [3.05, 3.63) is 58.4 Å². The molecule has 0 fully saturated rings. The quantitative estimate of drug-likeness (QED) is 0.607. The second-order valence-electron chi connectivity index (χ2n) is 5.13. The second-order valence-corrected chi connectivity index (χ2v) is 5.54. The zero-order valence-electron chi connectivity index (χ0n) is 13.4. The average Bonchev–Trinajstić information content (AvgIpc) is 2.61. The van der Waals surface area contributed by atoms with Gasteiger partial charge >= 0.3 is 5.97 Å². The molecule has 0 aliphatic heterocycles. The monoisotopic (exact) mass is 387 g/mol. The number of amides is 1. The van der Waals surface area contributed by atoms with Crippen molar-refractivity contribution in [1.29, 1.82) is 0 Å². The molecule has 0 saturated heterocycles. The van der Waals surface area contributed by atoms with Crippen LogP contribution in [-0.2, 0) is 14.3 Å². The Morgan fingerprint density at radius 1 is 1.08 bits per heavy atom. The van der Waals surface area contributed by atoms with Crippen molar-refractivity contribution >= 4 is 29.2 Å². The largest absolute Gasteiger partial charge is 0.482 e. The molecule has 2 aromatic rings. The maximum Gasteiger partial charge on any atom is 0.344 e. The SMILES string of the molecule is Cc1cc(OCC(=O)OCC(=O)Nc2ccc(F)c(F)c2F)ccc1Cl. The van der Waals surface area contributed by atoms with E-state index in [1.807, 2.05) is 5.32 Å². The molecule has 0 heterocycles. The summed E-state index contributed by atoms with van der Waals surface area (Å²) >= 11 is 5.86. The molecule has 9 heteroatoms. The van der Waals surface area contributed by atoms with Crippen molar-refractivity contribution in [2.75, 3.05) is 18.5 Å². The Labute approximate surface area is 151 Å². The van der Waals surface area contributed by atoms with Crippen molar-refractivity contribution in [1.82, 2.24) is 0 Å². The van der Waals surface area contributed by atoms with E-state index in [2.05, 4.69) is 4.74 Å². The first-order valence-electron chi connectivity index (χ1n) is 7.26. The third-order valence-electron chi connectivity index (χ3n) is 3.16. The summed E-state index contributed by atoms with van der Waals surface area (Å²) in [5.74, 6) is -6.04. The van der Waals surface area contributed by atoms with Gasteiger partial charge in [0.05, 0.1) is 5.69 Å². The van der Waals surface area contributed by atoms with Crippen LogP contribution in [0.15, 0.2) is 30.3 Å². The third-order valence-corrected chi connectivity index (χ3v) is 3.58. The van der Waals surface area contributed by atoms with Gasteiger partial charge in [-0.2, -0.15) is 0 Å². The van der Waals surface area contributed by atoms with Crippen LogP contribution in [0.4, 0.5) is 18.9 Å². The Balaban J connectivity index is 1.80. The van der Waals surface area contributed by atoms with E-state index in [9.17, 15) is 22.8 Å². The maximum absolute atomic E-state index is 13.4. The summed E-state index contributed by atoms with van der Waals surface area (Å²) in [5, 5.41) is 2.51. The number of rotatable bonds is 6. The van der Waals surface area contributed by atoms with E-state index in [-0.39, 0.29) is 0 Å². The Morgan fingerprint density at radius 3 is 2.50 bits per heavy atom. The van der Waals surface area contributed by atoms with E-state index in [0.29, 0.717) is 16.8 Å². The van der Waals surface area contributed by atoms with Crippen molar-refractivity contribution in [3.63, 3.8) is 0 Å². The highest BCUT2D eigenvalue weighted by molar-refractivity contribution is 6.31. The maximum atomic E-state index is 13.4. The summed E-state index contributed by atoms with van der Waals surface area (Å²) in [6.45, 7) is 0.545. The lowest BCUT2D eigenvalue weighted by atomic mass is 10.2. The van der Waals surface area contributed by atoms with Gasteiger partial charge in [0.25, 0.3) is 5.91 Å². The van der Waals surface area contributed by atoms with Gasteiger partial charge < -0.3 is 14.8 Å². The van der Waals surface area contributed by atoms with Gasteiger partial charge in [0.2, 0.25) is 0 Å². The van der Waals surface area contributed by atoms with Gasteiger partial charge in [-0.15, -0.1) is 0 Å². The highest BCUT2D eigenvalue weighted by Crippen LogP contribution is 2.21. The third kappa shape index (κ3) is 5.13. The van der Waals surface area contributed by atoms with Crippen LogP contribution in [-0.4, -0.2) is 25.1 Å². The molecule has 0 atom stereocenters. The summed E-state index contributed by atoms with van der Waals surface area (Å²) < 4.78 is 49.1. The van der Waals surface area contributed by atoms with Crippen molar-refractivity contribution < 1.29 is 32.2 Å². The molecule has 0 aliphatic rings. The standard InChI is InChI=1S/C17H13ClF3NO4/c1-9-6-10(2-3-11(9)18)25-8-15(24)26-7-14(23)22-13-5-4-12(19)16(20)17(13)21/h2-6H,7-8H2,1H3,(H,22,23). The lowest BCUT2D eigenvalue weighted by molar-refractivity contribution is -0.149. The summed E-state index contributed by atoms with van der Waals surface area (Å²) in [6.07, 6.45) is 0. The van der Waals surface area contributed by atoms with Gasteiger partial charge in [-0.25, -0.2) is 18.0 Å². The highest BCUT2D eigenvalue weighted by Gasteiger charge is 2.16. The number of aryl methyl sites for hydroxylation is 1. The van der Waals surface area contributed by atoms with E-state index in [1.54, 1.807) is 25.1 Å². The molecule has 0 aliphatic carbocycles. The summed E-state index contributed by atoms with van der Waals surface area (Å²) in [4.78, 5) is 23.1. The Hall–Kier alpha value is -2.74. The van der Waals surface area contributed by atoms with Gasteiger partial charge in [-0.05, 0) is 42.8 Å². The smallest absolute Gasteiger partial charge is 0.344 e. The first-order chi connectivity index (χ1) is 12.3. The number of carbonyl (C=O) groups excluding carboxylic acids is 2. The first kappa shape index (κ1) is 19.6. The Bertz CT molecular complexity index is 845. The molecule has 0 aromatic heterocycles. The number of anilines is 1. The number of ether oxygens (including phenoxy) is 2. The lowest BCUT2D eigenvalue weighted by Crippen LogP contribution is -2.24. The molecule has 2 rings (SSSR count). The van der Waals surface area contributed by atoms with Gasteiger partial charge in [-0.1, -0.05) is 11.6 Å². The lowest BCUT2D eigenvalue weighted by Gasteiger charge is -2.09. The van der Waals surface area contributed by atoms with Crippen molar-refractivity contribution in [3.8, 4) is 5.75 Å². The number of halogens is 4. The minimum atomic E-state index is -1.72. The Morgan fingerprint density at radius 2 is 1.81 bits per heavy atom. The predicted octanol–water partition coefficient (Wildman–Crippen LogP) is 3.63. The molecular formula is C17H13ClF3NO4. The first-order valence-corrected chi connectivity index (χ1v) is 7.63. The van der Waals surface area contributed by atoms with Gasteiger partial charge in [-0.3, -0.25) is 4.79 Å². The number of esters is 1. The zero-order valence-corrected chi connectivity index (χ0v) is 14.2. The molecule has 5 nitrogen and oxygen atoms in total. The molecule has 0 radical (unpaired) electrons. The molecule has 138 valence electrons. The number of carbonyl (C=O) groups is 2. The molecule has 1 N–H and O–H groups in total. The van der Waals surface area contributed by atoms with E-state index in [1.165, 1.54) is 0 Å². The van der Waals surface area contributed by atoms with Crippen LogP contribution in [0.25, 0.3) is 0 Å². The van der Waals surface area contributed by atoms with Gasteiger partial charge in [0.15, 0.2) is 30.7 Å². The summed E-state index contributed by atoms with van der Waals surface area (Å²) in [6, 6.07) is 6.28. The number of hydrogen-bond donors (Lipinski definition) is 1. The van der Waals surface area contributed by atoms with E-state index in [0.717, 1.165) is 11.6 Å². The number of benzene rings is 2. The molecule has 1 amide bonds. The van der Waals surface area contributed by atoms with Crippen LogP contribution < -0.4 is 10.1 Å². The van der Waals surface area contributed by atoms with Crippen LogP contribution >= 0.6 is 11.6 Å². The molecule has 0 unspecified atom stereocenters. The van der Waals surface area contributed by atoms with Crippen LogP contribution in [0.5, 0.6) is 5.75 Å². The number of hydrogen-bond acceptors (Lipinski definition) is 4. The topological polar surface area (TPSA) is 64.6 Å². The van der Waals surface area contributed by atoms with Crippen LogP contribution in [0, 0.1) is 24.4 Å². The molecule has 0 bridgehead atoms. The minimum absolute atomic E-state index is 0.386. The van der Waals surface area contributed by atoms with E-state index >= 15 is 0 Å². The fourth-order valence-corrected chi connectivity index (χ4v) is 1.96. The van der Waals surface area contributed by atoms with E-state index in [4.69, 9.17) is 16.3 Å². The molecule has 0 saturated carbocycles. The zero-order chi connectivity index (χ0) is 19.3. The van der Waals surface area contributed by atoms with Crippen LogP contribution in [0.2, 0.25) is 5.02 Å². The minimum Gasteiger partial charge on any atom is -0.482 e. The number of nitrogens with one attached hydrogen (secondary N) is 1. The molecule has 2 aromatic carbocycles. The average molecular weight is 388 g/mol. The van der Waals surface area contributed by atoms with Gasteiger partial charge in [0, 0.05) is 5.02 Å².